The largest absolute Gasteiger partial charge is 0.497 e. The number of hydrogen-bond donors (Lipinski definition) is 1. The predicted octanol–water partition coefficient (Wildman–Crippen LogP) is 5.67. The third kappa shape index (κ3) is 5.40. The molecular weight excluding hydrogens is 590 g/mol. The van der Waals surface area contributed by atoms with Gasteiger partial charge in [-0.3, -0.25) is 9.59 Å². The number of sulfonamides is 1. The molecule has 0 bridgehead atoms. The highest BCUT2D eigenvalue weighted by Gasteiger charge is 2.32. The zero-order chi connectivity index (χ0) is 30.2. The number of nitrogens with zero attached hydrogens (tertiary/aromatic N) is 1. The second-order valence-corrected chi connectivity index (χ2v) is 11.4. The molecule has 8 nitrogen and oxygen atoms in total. The number of ether oxygens (including phenoxy) is 2. The molecule has 3 aromatic carbocycles. The fourth-order valence-electron chi connectivity index (χ4n) is 4.82. The van der Waals surface area contributed by atoms with Gasteiger partial charge in [-0.25, -0.2) is 21.9 Å². The van der Waals surface area contributed by atoms with Gasteiger partial charge < -0.3 is 14.0 Å². The standard InChI is InChI=1S/C30H23ClF2N2O6S/c1-40-20-9-12-26(41-2)27(15-20)42(38,39)34-30(37)29-28(21-5-3-4-6-25(21)36)22-14-18(31)7-11-24(22)35(29)16-17-13-19(32)8-10-23(17)33/h3-5,7-15H,6,16H2,1-2H3,(H,34,37). The van der Waals surface area contributed by atoms with E-state index in [-0.39, 0.29) is 62.6 Å². The van der Waals surface area contributed by atoms with Gasteiger partial charge in [0.1, 0.15) is 33.7 Å². The molecule has 1 aliphatic carbocycles. The Balaban J connectivity index is 1.76. The van der Waals surface area contributed by atoms with Gasteiger partial charge in [-0.1, -0.05) is 29.8 Å². The lowest BCUT2D eigenvalue weighted by molar-refractivity contribution is -0.113. The molecule has 0 saturated carbocycles. The Labute approximate surface area is 244 Å². The Morgan fingerprint density at radius 2 is 1.83 bits per heavy atom. The number of benzene rings is 3. The lowest BCUT2D eigenvalue weighted by atomic mass is 9.93. The summed E-state index contributed by atoms with van der Waals surface area (Å²) in [4.78, 5) is 26.7. The lowest BCUT2D eigenvalue weighted by Gasteiger charge is -2.16. The average Bonchev–Trinajstić information content (AvgIpc) is 3.27. The van der Waals surface area contributed by atoms with Crippen molar-refractivity contribution in [3.05, 3.63) is 106 Å². The van der Waals surface area contributed by atoms with Crippen molar-refractivity contribution in [3.8, 4) is 11.5 Å². The summed E-state index contributed by atoms with van der Waals surface area (Å²) in [6, 6.07) is 11.5. The maximum Gasteiger partial charge on any atom is 0.282 e. The van der Waals surface area contributed by atoms with Crippen LogP contribution in [-0.2, 0) is 21.4 Å². The van der Waals surface area contributed by atoms with Crippen LogP contribution in [0.15, 0.2) is 77.7 Å². The van der Waals surface area contributed by atoms with E-state index in [9.17, 15) is 26.8 Å². The van der Waals surface area contributed by atoms with Crippen molar-refractivity contribution >= 4 is 49.8 Å². The van der Waals surface area contributed by atoms with E-state index >= 15 is 0 Å². The first-order chi connectivity index (χ1) is 20.0. The highest BCUT2D eigenvalue weighted by molar-refractivity contribution is 7.90. The molecule has 1 aromatic heterocycles. The lowest BCUT2D eigenvalue weighted by Crippen LogP contribution is -2.33. The summed E-state index contributed by atoms with van der Waals surface area (Å²) < 4.78 is 69.8. The van der Waals surface area contributed by atoms with Crippen molar-refractivity contribution < 1.29 is 36.3 Å². The van der Waals surface area contributed by atoms with Crippen molar-refractivity contribution in [1.82, 2.24) is 9.29 Å². The highest BCUT2D eigenvalue weighted by Crippen LogP contribution is 2.37. The van der Waals surface area contributed by atoms with Gasteiger partial charge in [0.2, 0.25) is 0 Å². The van der Waals surface area contributed by atoms with E-state index in [0.29, 0.717) is 10.9 Å². The van der Waals surface area contributed by atoms with Gasteiger partial charge in [-0.05, 0) is 48.5 Å². The molecule has 0 spiro atoms. The van der Waals surface area contributed by atoms with Crippen molar-refractivity contribution in [1.29, 1.82) is 0 Å². The van der Waals surface area contributed by atoms with Crippen molar-refractivity contribution in [2.75, 3.05) is 14.2 Å². The number of nitrogens with one attached hydrogen (secondary N) is 1. The first kappa shape index (κ1) is 29.0. The Bertz CT molecular complexity index is 1930. The van der Waals surface area contributed by atoms with E-state index in [1.807, 2.05) is 0 Å². The Morgan fingerprint density at radius 3 is 2.55 bits per heavy atom. The Hall–Kier alpha value is -4.48. The van der Waals surface area contributed by atoms with Gasteiger partial charge in [0.05, 0.1) is 20.8 Å². The molecule has 0 radical (unpaired) electrons. The smallest absolute Gasteiger partial charge is 0.282 e. The van der Waals surface area contributed by atoms with E-state index in [2.05, 4.69) is 4.72 Å². The van der Waals surface area contributed by atoms with Gasteiger partial charge in [0.15, 0.2) is 5.78 Å². The first-order valence-electron chi connectivity index (χ1n) is 12.5. The van der Waals surface area contributed by atoms with Crippen molar-refractivity contribution in [2.24, 2.45) is 0 Å². The third-order valence-electron chi connectivity index (χ3n) is 6.74. The molecule has 4 aromatic rings. The fraction of sp³-hybridized carbons (Fsp3) is 0.133. The summed E-state index contributed by atoms with van der Waals surface area (Å²) in [6.07, 6.45) is 4.82. The fourth-order valence-corrected chi connectivity index (χ4v) is 6.13. The van der Waals surface area contributed by atoms with Gasteiger partial charge in [0.25, 0.3) is 15.9 Å². The summed E-state index contributed by atoms with van der Waals surface area (Å²) in [5.41, 5.74) is 0.191. The molecule has 0 atom stereocenters. The average molecular weight is 613 g/mol. The monoisotopic (exact) mass is 612 g/mol. The zero-order valence-electron chi connectivity index (χ0n) is 22.3. The second kappa shape index (κ2) is 11.4. The topological polar surface area (TPSA) is 104 Å². The normalized spacial score (nSPS) is 13.3. The minimum atomic E-state index is -4.59. The van der Waals surface area contributed by atoms with E-state index < -0.39 is 27.6 Å². The van der Waals surface area contributed by atoms with E-state index in [1.54, 1.807) is 18.2 Å². The first-order valence-corrected chi connectivity index (χ1v) is 14.4. The van der Waals surface area contributed by atoms with Crippen molar-refractivity contribution in [2.45, 2.75) is 17.9 Å². The van der Waals surface area contributed by atoms with E-state index in [1.165, 1.54) is 55.2 Å². The number of carbonyl (C=O) groups is 2. The van der Waals surface area contributed by atoms with Gasteiger partial charge in [-0.15, -0.1) is 0 Å². The number of amides is 1. The molecule has 1 N–H and O–H groups in total. The van der Waals surface area contributed by atoms with Gasteiger partial charge in [0, 0.05) is 45.1 Å². The number of Topliss-reactive ketones (excluding diaryl/α,β-unsaturated/α-hetero) is 1. The van der Waals surface area contributed by atoms with Crippen molar-refractivity contribution in [3.63, 3.8) is 0 Å². The summed E-state index contributed by atoms with van der Waals surface area (Å²) in [5, 5.41) is 0.619. The minimum Gasteiger partial charge on any atom is -0.497 e. The van der Waals surface area contributed by atoms with Crippen LogP contribution in [0.4, 0.5) is 8.78 Å². The summed E-state index contributed by atoms with van der Waals surface area (Å²) in [7, 11) is -1.97. The number of hydrogen-bond acceptors (Lipinski definition) is 6. The van der Waals surface area contributed by atoms with Crippen LogP contribution in [0.25, 0.3) is 16.5 Å². The molecule has 1 heterocycles. The summed E-state index contributed by atoms with van der Waals surface area (Å²) in [5.74, 6) is -2.77. The molecule has 42 heavy (non-hydrogen) atoms. The second-order valence-electron chi connectivity index (χ2n) is 9.29. The Morgan fingerprint density at radius 1 is 1.05 bits per heavy atom. The Kier molecular flexibility index (Phi) is 7.89. The third-order valence-corrected chi connectivity index (χ3v) is 8.32. The summed E-state index contributed by atoms with van der Waals surface area (Å²) >= 11 is 6.30. The van der Waals surface area contributed by atoms with Crippen LogP contribution in [0, 0.1) is 11.6 Å². The number of allylic oxidation sites excluding steroid dienone is 4. The van der Waals surface area contributed by atoms with Crippen LogP contribution in [0.2, 0.25) is 5.02 Å². The molecular formula is C30H23ClF2N2O6S. The minimum absolute atomic E-state index is 0.0396. The quantitative estimate of drug-likeness (QED) is 0.275. The van der Waals surface area contributed by atoms with Gasteiger partial charge >= 0.3 is 0 Å². The van der Waals surface area contributed by atoms with Crippen LogP contribution in [0.3, 0.4) is 0 Å². The SMILES string of the molecule is COc1ccc(OC)c(S(=O)(=O)NC(=O)c2c(C3=CC=CCC3=O)c3cc(Cl)ccc3n2Cc2cc(F)ccc2F)c1. The number of halogens is 3. The highest BCUT2D eigenvalue weighted by atomic mass is 35.5. The number of rotatable bonds is 8. The number of carbonyl (C=O) groups excluding carboxylic acids is 2. The maximum absolute atomic E-state index is 14.8. The maximum atomic E-state index is 14.8. The zero-order valence-corrected chi connectivity index (χ0v) is 23.9. The molecule has 12 heteroatoms. The van der Waals surface area contributed by atoms with Gasteiger partial charge in [-0.2, -0.15) is 0 Å². The number of aromatic nitrogens is 1. The number of methoxy groups -OCH3 is 2. The predicted molar refractivity (Wildman–Crippen MR) is 153 cm³/mol. The molecule has 0 unspecified atom stereocenters. The molecule has 5 rings (SSSR count). The molecule has 1 aliphatic rings. The summed E-state index contributed by atoms with van der Waals surface area (Å²) in [6.45, 7) is -0.371. The van der Waals surface area contributed by atoms with Crippen LogP contribution in [0.1, 0.15) is 28.0 Å². The molecule has 1 amide bonds. The number of ketones is 1. The van der Waals surface area contributed by atoms with Crippen LogP contribution in [-0.4, -0.2) is 38.9 Å². The van der Waals surface area contributed by atoms with Crippen LogP contribution < -0.4 is 14.2 Å². The van der Waals surface area contributed by atoms with Crippen LogP contribution in [0.5, 0.6) is 11.5 Å². The molecule has 216 valence electrons. The number of fused-ring (bicyclic) bond motifs is 1. The van der Waals surface area contributed by atoms with Crippen LogP contribution >= 0.6 is 11.6 Å². The van der Waals surface area contributed by atoms with E-state index in [0.717, 1.165) is 18.2 Å². The molecule has 0 saturated heterocycles. The molecule has 0 fully saturated rings. The van der Waals surface area contributed by atoms with E-state index in [4.69, 9.17) is 21.1 Å². The molecule has 0 aliphatic heterocycles.